The summed E-state index contributed by atoms with van der Waals surface area (Å²) in [7, 11) is 1.61. The number of nitrogens with one attached hydrogen (secondary N) is 1. The topological polar surface area (TPSA) is 41.6 Å². The molecule has 0 spiro atoms. The number of methoxy groups -OCH3 is 1. The Hall–Kier alpha value is -3.18. The van der Waals surface area contributed by atoms with E-state index in [0.717, 1.165) is 30.6 Å². The highest BCUT2D eigenvalue weighted by Gasteiger charge is 2.33. The number of halogens is 1. The molecule has 31 heavy (non-hydrogen) atoms. The van der Waals surface area contributed by atoms with Crippen LogP contribution in [0.4, 0.5) is 10.1 Å². The predicted molar refractivity (Wildman–Crippen MR) is 120 cm³/mol. The predicted octanol–water partition coefficient (Wildman–Crippen LogP) is 5.43. The maximum Gasteiger partial charge on any atom is 0.228 e. The van der Waals surface area contributed by atoms with E-state index in [4.69, 9.17) is 4.74 Å². The number of anilines is 1. The largest absolute Gasteiger partial charge is 0.497 e. The van der Waals surface area contributed by atoms with Crippen molar-refractivity contribution in [1.29, 1.82) is 0 Å². The van der Waals surface area contributed by atoms with Gasteiger partial charge in [-0.25, -0.2) is 4.39 Å². The average Bonchev–Trinajstić information content (AvgIpc) is 2.80. The first-order valence-electron chi connectivity index (χ1n) is 10.6. The number of piperidine rings is 1. The summed E-state index contributed by atoms with van der Waals surface area (Å²) in [5.74, 6) is 0.378. The second-order valence-corrected chi connectivity index (χ2v) is 7.98. The van der Waals surface area contributed by atoms with Gasteiger partial charge in [0.15, 0.2) is 0 Å². The highest BCUT2D eigenvalue weighted by Crippen LogP contribution is 2.35. The Bertz CT molecular complexity index is 1010. The lowest BCUT2D eigenvalue weighted by Crippen LogP contribution is -2.42. The van der Waals surface area contributed by atoms with Crippen LogP contribution >= 0.6 is 0 Å². The van der Waals surface area contributed by atoms with Gasteiger partial charge in [0.2, 0.25) is 5.91 Å². The van der Waals surface area contributed by atoms with Crippen molar-refractivity contribution < 1.29 is 13.9 Å². The Labute approximate surface area is 182 Å². The lowest BCUT2D eigenvalue weighted by atomic mass is 9.88. The van der Waals surface area contributed by atoms with Crippen molar-refractivity contribution in [1.82, 2.24) is 4.90 Å². The van der Waals surface area contributed by atoms with Gasteiger partial charge < -0.3 is 10.1 Å². The van der Waals surface area contributed by atoms with Crippen LogP contribution in [0.2, 0.25) is 0 Å². The smallest absolute Gasteiger partial charge is 0.228 e. The number of hydrogen-bond acceptors (Lipinski definition) is 3. The molecular formula is C26H27FN2O2. The summed E-state index contributed by atoms with van der Waals surface area (Å²) in [4.78, 5) is 15.4. The lowest BCUT2D eigenvalue weighted by molar-refractivity contribution is -0.122. The summed E-state index contributed by atoms with van der Waals surface area (Å²) < 4.78 is 18.7. The third-order valence-corrected chi connectivity index (χ3v) is 5.88. The standard InChI is InChI=1S/C26H27FN2O2/c1-31-24-9-5-8-23(16-24)28-26(30)21-12-15-25(20-10-13-22(27)14-11-20)29(18-21)17-19-6-3-2-4-7-19/h2-11,13-14,16,21,25H,12,15,17-18H2,1H3,(H,28,30). The lowest BCUT2D eigenvalue weighted by Gasteiger charge is -2.39. The van der Waals surface area contributed by atoms with Crippen LogP contribution in [0.5, 0.6) is 5.75 Å². The molecule has 1 amide bonds. The van der Waals surface area contributed by atoms with Gasteiger partial charge in [-0.2, -0.15) is 0 Å². The molecule has 160 valence electrons. The summed E-state index contributed by atoms with van der Waals surface area (Å²) in [5, 5.41) is 3.04. The molecule has 1 saturated heterocycles. The maximum absolute atomic E-state index is 13.5. The molecule has 0 aromatic heterocycles. The number of benzene rings is 3. The second kappa shape index (κ2) is 9.75. The Morgan fingerprint density at radius 2 is 1.81 bits per heavy atom. The van der Waals surface area contributed by atoms with Crippen molar-refractivity contribution in [2.45, 2.75) is 25.4 Å². The SMILES string of the molecule is COc1cccc(NC(=O)C2CCC(c3ccc(F)cc3)N(Cc3ccccc3)C2)c1. The van der Waals surface area contributed by atoms with E-state index in [1.165, 1.54) is 17.7 Å². The van der Waals surface area contributed by atoms with Crippen molar-refractivity contribution in [2.75, 3.05) is 19.0 Å². The van der Waals surface area contributed by atoms with E-state index in [-0.39, 0.29) is 23.7 Å². The molecule has 1 aliphatic heterocycles. The van der Waals surface area contributed by atoms with Gasteiger partial charge in [0, 0.05) is 30.9 Å². The zero-order valence-corrected chi connectivity index (χ0v) is 17.6. The van der Waals surface area contributed by atoms with Gasteiger partial charge in [0.05, 0.1) is 13.0 Å². The number of rotatable bonds is 6. The minimum absolute atomic E-state index is 0.0175. The first-order valence-corrected chi connectivity index (χ1v) is 10.6. The molecule has 0 radical (unpaired) electrons. The molecule has 3 aromatic rings. The highest BCUT2D eigenvalue weighted by molar-refractivity contribution is 5.93. The van der Waals surface area contributed by atoms with Crippen LogP contribution in [0.25, 0.3) is 0 Å². The molecule has 3 aromatic carbocycles. The summed E-state index contributed by atoms with van der Waals surface area (Å²) in [6, 6.07) is 24.5. The molecule has 1 heterocycles. The molecule has 5 heteroatoms. The first kappa shape index (κ1) is 21.1. The molecule has 0 bridgehead atoms. The number of carbonyl (C=O) groups is 1. The Balaban J connectivity index is 1.51. The van der Waals surface area contributed by atoms with Crippen LogP contribution in [-0.4, -0.2) is 24.5 Å². The molecule has 2 unspecified atom stereocenters. The van der Waals surface area contributed by atoms with Crippen molar-refractivity contribution >= 4 is 11.6 Å². The molecule has 0 aliphatic carbocycles. The Morgan fingerprint density at radius 3 is 2.55 bits per heavy atom. The van der Waals surface area contributed by atoms with Crippen LogP contribution in [0.15, 0.2) is 78.9 Å². The van der Waals surface area contributed by atoms with E-state index >= 15 is 0 Å². The number of amides is 1. The molecule has 4 nitrogen and oxygen atoms in total. The van der Waals surface area contributed by atoms with E-state index in [1.54, 1.807) is 7.11 Å². The zero-order chi connectivity index (χ0) is 21.6. The number of carbonyl (C=O) groups excluding carboxylic acids is 1. The maximum atomic E-state index is 13.5. The average molecular weight is 419 g/mol. The van der Waals surface area contributed by atoms with Crippen LogP contribution in [0.3, 0.4) is 0 Å². The van der Waals surface area contributed by atoms with Crippen molar-refractivity contribution in [3.63, 3.8) is 0 Å². The number of nitrogens with zero attached hydrogens (tertiary/aromatic N) is 1. The normalized spacial score (nSPS) is 19.0. The second-order valence-electron chi connectivity index (χ2n) is 7.98. The van der Waals surface area contributed by atoms with E-state index in [1.807, 2.05) is 54.6 Å². The van der Waals surface area contributed by atoms with Crippen molar-refractivity contribution in [3.05, 3.63) is 95.8 Å². The fourth-order valence-electron chi connectivity index (χ4n) is 4.26. The molecule has 2 atom stereocenters. The van der Waals surface area contributed by atoms with E-state index in [0.29, 0.717) is 12.3 Å². The number of hydrogen-bond donors (Lipinski definition) is 1. The highest BCUT2D eigenvalue weighted by atomic mass is 19.1. The third-order valence-electron chi connectivity index (χ3n) is 5.88. The van der Waals surface area contributed by atoms with Crippen LogP contribution in [0, 0.1) is 11.7 Å². The summed E-state index contributed by atoms with van der Waals surface area (Å²) in [5.41, 5.74) is 3.02. The van der Waals surface area contributed by atoms with E-state index < -0.39 is 0 Å². The van der Waals surface area contributed by atoms with E-state index in [2.05, 4.69) is 22.3 Å². The summed E-state index contributed by atoms with van der Waals surface area (Å²) in [6.45, 7) is 1.39. The number of likely N-dealkylation sites (tertiary alicyclic amines) is 1. The summed E-state index contributed by atoms with van der Waals surface area (Å²) >= 11 is 0. The molecule has 1 aliphatic rings. The first-order chi connectivity index (χ1) is 15.1. The molecule has 1 N–H and O–H groups in total. The zero-order valence-electron chi connectivity index (χ0n) is 17.6. The number of ether oxygens (including phenoxy) is 1. The van der Waals surface area contributed by atoms with Crippen LogP contribution < -0.4 is 10.1 Å². The monoisotopic (exact) mass is 418 g/mol. The van der Waals surface area contributed by atoms with Gasteiger partial charge in [0.1, 0.15) is 11.6 Å². The Morgan fingerprint density at radius 1 is 1.03 bits per heavy atom. The Kier molecular flexibility index (Phi) is 6.63. The van der Waals surface area contributed by atoms with Gasteiger partial charge in [0.25, 0.3) is 0 Å². The van der Waals surface area contributed by atoms with Gasteiger partial charge in [-0.05, 0) is 48.2 Å². The van der Waals surface area contributed by atoms with Gasteiger partial charge >= 0.3 is 0 Å². The van der Waals surface area contributed by atoms with Crippen LogP contribution in [0.1, 0.15) is 30.0 Å². The van der Waals surface area contributed by atoms with Gasteiger partial charge in [-0.3, -0.25) is 9.69 Å². The van der Waals surface area contributed by atoms with Crippen molar-refractivity contribution in [3.8, 4) is 5.75 Å². The quantitative estimate of drug-likeness (QED) is 0.581. The molecule has 0 saturated carbocycles. The molecular weight excluding hydrogens is 391 g/mol. The van der Waals surface area contributed by atoms with Crippen molar-refractivity contribution in [2.24, 2.45) is 5.92 Å². The molecule has 4 rings (SSSR count). The van der Waals surface area contributed by atoms with Gasteiger partial charge in [-0.15, -0.1) is 0 Å². The fourth-order valence-corrected chi connectivity index (χ4v) is 4.26. The third kappa shape index (κ3) is 5.30. The van der Waals surface area contributed by atoms with Crippen LogP contribution in [-0.2, 0) is 11.3 Å². The van der Waals surface area contributed by atoms with Gasteiger partial charge in [-0.1, -0.05) is 48.5 Å². The van der Waals surface area contributed by atoms with E-state index in [9.17, 15) is 9.18 Å². The fraction of sp³-hybridized carbons (Fsp3) is 0.269. The minimum Gasteiger partial charge on any atom is -0.497 e. The molecule has 1 fully saturated rings. The minimum atomic E-state index is -0.232. The summed E-state index contributed by atoms with van der Waals surface area (Å²) in [6.07, 6.45) is 1.62.